The molecule has 3 heterocycles. The first-order chi connectivity index (χ1) is 17.7. The molecule has 2 aromatic rings. The van der Waals surface area contributed by atoms with Gasteiger partial charge in [0.05, 0.1) is 24.2 Å². The van der Waals surface area contributed by atoms with E-state index in [-0.39, 0.29) is 0 Å². The summed E-state index contributed by atoms with van der Waals surface area (Å²) in [6, 6.07) is 8.59. The van der Waals surface area contributed by atoms with Crippen LogP contribution in [0.5, 0.6) is 0 Å². The van der Waals surface area contributed by atoms with Gasteiger partial charge in [0, 0.05) is 36.9 Å². The van der Waals surface area contributed by atoms with Crippen LogP contribution in [-0.4, -0.2) is 79.0 Å². The van der Waals surface area contributed by atoms with Crippen molar-refractivity contribution in [3.63, 3.8) is 0 Å². The fraction of sp³-hybridized carbons (Fsp3) is 0.481. The number of piperidine rings is 1. The van der Waals surface area contributed by atoms with E-state index in [1.807, 2.05) is 24.3 Å². The summed E-state index contributed by atoms with van der Waals surface area (Å²) in [7, 11) is 1.87. The van der Waals surface area contributed by atoms with E-state index in [0.717, 1.165) is 48.4 Å². The molecule has 2 N–H and O–H groups in total. The highest BCUT2D eigenvalue weighted by Gasteiger charge is 2.35. The van der Waals surface area contributed by atoms with Crippen LogP contribution >= 0.6 is 18.7 Å². The molecule has 198 valence electrons. The molecule has 8 nitrogen and oxygen atoms in total. The summed E-state index contributed by atoms with van der Waals surface area (Å²) in [6.45, 7) is 6.43. The van der Waals surface area contributed by atoms with Gasteiger partial charge in [0.25, 0.3) is 0 Å². The molecule has 5 rings (SSSR count). The smallest absolute Gasteiger partial charge is 0.229 e. The molecule has 0 bridgehead atoms. The van der Waals surface area contributed by atoms with Gasteiger partial charge in [0.1, 0.15) is 17.9 Å². The Balaban J connectivity index is 1.33. The summed E-state index contributed by atoms with van der Waals surface area (Å²) < 4.78 is 18.9. The molecule has 2 aliphatic heterocycles. The van der Waals surface area contributed by atoms with Gasteiger partial charge in [-0.1, -0.05) is 29.8 Å². The van der Waals surface area contributed by atoms with E-state index < -0.39 is 7.14 Å². The number of nitrogens with zero attached hydrogens (tertiary/aromatic N) is 4. The minimum atomic E-state index is -2.49. The maximum atomic E-state index is 12.8. The van der Waals surface area contributed by atoms with Crippen LogP contribution in [0.25, 0.3) is 0 Å². The fourth-order valence-corrected chi connectivity index (χ4v) is 6.80. The maximum absolute atomic E-state index is 12.8. The first-order valence-electron chi connectivity index (χ1n) is 12.9. The number of nitrogens with one attached hydrogen (secondary N) is 2. The monoisotopic (exact) mass is 542 g/mol. The zero-order valence-corrected chi connectivity index (χ0v) is 23.6. The lowest BCUT2D eigenvalue weighted by molar-refractivity contribution is 0.119. The quantitative estimate of drug-likeness (QED) is 0.479. The third-order valence-electron chi connectivity index (χ3n) is 7.50. The van der Waals surface area contributed by atoms with Crippen LogP contribution in [0, 0.1) is 0 Å². The number of para-hydroxylation sites is 1. The number of anilines is 3. The predicted octanol–water partition coefficient (Wildman–Crippen LogP) is 4.89. The number of rotatable bonds is 7. The van der Waals surface area contributed by atoms with E-state index in [1.54, 1.807) is 19.5 Å². The Morgan fingerprint density at radius 3 is 2.65 bits per heavy atom. The molecule has 0 saturated carbocycles. The van der Waals surface area contributed by atoms with Crippen LogP contribution in [0.1, 0.15) is 25.7 Å². The van der Waals surface area contributed by atoms with Crippen molar-refractivity contribution in [2.24, 2.45) is 0 Å². The molecular weight excluding hydrogens is 507 g/mol. The zero-order chi connectivity index (χ0) is 26.2. The largest absolute Gasteiger partial charge is 0.491 e. The van der Waals surface area contributed by atoms with Crippen molar-refractivity contribution in [3.8, 4) is 0 Å². The van der Waals surface area contributed by atoms with Crippen molar-refractivity contribution in [3.05, 3.63) is 58.6 Å². The molecule has 1 aromatic carbocycles. The van der Waals surface area contributed by atoms with E-state index in [2.05, 4.69) is 50.6 Å². The Labute approximate surface area is 224 Å². The van der Waals surface area contributed by atoms with E-state index in [0.29, 0.717) is 35.5 Å². The highest BCUT2D eigenvalue weighted by atomic mass is 35.5. The third-order valence-corrected chi connectivity index (χ3v) is 9.33. The number of aromatic nitrogens is 2. The molecule has 1 aliphatic carbocycles. The van der Waals surface area contributed by atoms with Gasteiger partial charge in [0.15, 0.2) is 5.82 Å². The number of benzene rings is 1. The van der Waals surface area contributed by atoms with Crippen LogP contribution in [-0.2, 0) is 9.30 Å². The van der Waals surface area contributed by atoms with Crippen molar-refractivity contribution < 1.29 is 9.30 Å². The topological polar surface area (TPSA) is 82.6 Å². The molecular formula is C27H36ClN6O2P. The van der Waals surface area contributed by atoms with Gasteiger partial charge in [0.2, 0.25) is 5.95 Å². The molecule has 0 amide bonds. The third kappa shape index (κ3) is 5.73. The lowest BCUT2D eigenvalue weighted by Gasteiger charge is -2.40. The van der Waals surface area contributed by atoms with Gasteiger partial charge >= 0.3 is 0 Å². The van der Waals surface area contributed by atoms with Crippen LogP contribution < -0.4 is 15.9 Å². The predicted molar refractivity (Wildman–Crippen MR) is 152 cm³/mol. The van der Waals surface area contributed by atoms with Crippen LogP contribution in [0.2, 0.25) is 5.02 Å². The Bertz CT molecular complexity index is 1270. The fourth-order valence-electron chi connectivity index (χ4n) is 5.51. The Kier molecular flexibility index (Phi) is 7.64. The molecule has 1 unspecified atom stereocenters. The minimum Gasteiger partial charge on any atom is -0.491 e. The van der Waals surface area contributed by atoms with Crippen molar-refractivity contribution in [2.45, 2.75) is 37.8 Å². The summed E-state index contributed by atoms with van der Waals surface area (Å²) in [6.07, 6.45) is 8.07. The van der Waals surface area contributed by atoms with Gasteiger partial charge in [-0.15, -0.1) is 0 Å². The van der Waals surface area contributed by atoms with Gasteiger partial charge in [-0.3, -0.25) is 4.90 Å². The number of halogens is 1. The van der Waals surface area contributed by atoms with Crippen molar-refractivity contribution >= 4 is 41.5 Å². The van der Waals surface area contributed by atoms with Crippen LogP contribution in [0.4, 0.5) is 17.5 Å². The maximum Gasteiger partial charge on any atom is 0.229 e. The summed E-state index contributed by atoms with van der Waals surface area (Å²) in [5.74, 6) is 1.82. The second-order valence-corrected chi connectivity index (χ2v) is 14.2. The Hall–Kier alpha value is -2.38. The second kappa shape index (κ2) is 10.8. The summed E-state index contributed by atoms with van der Waals surface area (Å²) >= 11 is 6.44. The van der Waals surface area contributed by atoms with Crippen LogP contribution in [0.3, 0.4) is 0 Å². The molecule has 1 fully saturated rings. The molecule has 37 heavy (non-hydrogen) atoms. The minimum absolute atomic E-state index is 0.387. The van der Waals surface area contributed by atoms with E-state index in [9.17, 15) is 4.57 Å². The number of ether oxygens (including phenoxy) is 1. The van der Waals surface area contributed by atoms with E-state index >= 15 is 0 Å². The second-order valence-electron chi connectivity index (χ2n) is 10.6. The van der Waals surface area contributed by atoms with Crippen molar-refractivity contribution in [1.82, 2.24) is 19.8 Å². The molecule has 0 radical (unpaired) electrons. The average molecular weight is 543 g/mol. The molecule has 3 aliphatic rings. The number of hydrogen-bond donors (Lipinski definition) is 2. The van der Waals surface area contributed by atoms with Crippen molar-refractivity contribution in [1.29, 1.82) is 0 Å². The van der Waals surface area contributed by atoms with Gasteiger partial charge in [-0.05, 0) is 64.4 Å². The molecule has 1 aromatic heterocycles. The molecule has 1 atom stereocenters. The number of likely N-dealkylation sites (tertiary alicyclic amines) is 1. The summed E-state index contributed by atoms with van der Waals surface area (Å²) in [4.78, 5) is 14.0. The highest BCUT2D eigenvalue weighted by molar-refractivity contribution is 7.70. The summed E-state index contributed by atoms with van der Waals surface area (Å²) in [5.41, 5.74) is 3.01. The lowest BCUT2D eigenvalue weighted by atomic mass is 9.91. The zero-order valence-electron chi connectivity index (χ0n) is 22.0. The van der Waals surface area contributed by atoms with Crippen molar-refractivity contribution in [2.75, 3.05) is 57.8 Å². The normalized spacial score (nSPS) is 21.0. The molecule has 10 heteroatoms. The standard InChI is InChI=1S/C27H36ClN6O2P/c1-33(2)18-11-14-34(15-12-18)23-10-9-22(25-19(23)13-16-36-25)31-27-29-17-20(28)26(32-27)30-21-7-5-6-8-24(21)37(3,4)35/h5-9,17-18,23H,10-16H2,1-4H3,(H2,29,30,31,32). The lowest BCUT2D eigenvalue weighted by Crippen LogP contribution is -2.47. The van der Waals surface area contributed by atoms with E-state index in [1.165, 1.54) is 18.4 Å². The Morgan fingerprint density at radius 2 is 1.92 bits per heavy atom. The van der Waals surface area contributed by atoms with E-state index in [4.69, 9.17) is 16.3 Å². The molecule has 0 spiro atoms. The number of hydrogen-bond acceptors (Lipinski definition) is 8. The highest BCUT2D eigenvalue weighted by Crippen LogP contribution is 2.39. The average Bonchev–Trinajstić information content (AvgIpc) is 3.37. The SMILES string of the molecule is CN(C)C1CCN(C2CC=C(Nc3ncc(Cl)c(Nc4ccccc4P(C)(C)=O)n3)C3=C2CCO3)CC1. The van der Waals surface area contributed by atoms with Gasteiger partial charge in [-0.2, -0.15) is 4.98 Å². The Morgan fingerprint density at radius 1 is 1.16 bits per heavy atom. The first-order valence-corrected chi connectivity index (χ1v) is 15.9. The summed E-state index contributed by atoms with van der Waals surface area (Å²) in [5, 5.41) is 7.78. The molecule has 1 saturated heterocycles. The van der Waals surface area contributed by atoms with Gasteiger partial charge in [-0.25, -0.2) is 4.98 Å². The van der Waals surface area contributed by atoms with Crippen LogP contribution in [0.15, 0.2) is 53.6 Å². The first kappa shape index (κ1) is 26.2. The van der Waals surface area contributed by atoms with Gasteiger partial charge < -0.3 is 24.8 Å².